The van der Waals surface area contributed by atoms with Crippen LogP contribution in [-0.2, 0) is 11.2 Å². The molecule has 31 heavy (non-hydrogen) atoms. The standard InChI is InChI=1S/C26H26N2O3/c1-28(23-16-9-11-19-10-5-6-14-21(19)23)25(29)18-31-24-17-8-7-15-22(24)26(30)27-20-12-3-2-4-13-20/h2-8,10,12-15,17,23H,9,11,16,18H2,1H3,(H,27,30)/t23-/m1/s1. The first-order chi connectivity index (χ1) is 15.1. The van der Waals surface area contributed by atoms with Crippen molar-refractivity contribution in [2.24, 2.45) is 0 Å². The van der Waals surface area contributed by atoms with Crippen LogP contribution in [0.4, 0.5) is 5.69 Å². The molecule has 1 N–H and O–H groups in total. The summed E-state index contributed by atoms with van der Waals surface area (Å²) in [5.74, 6) is 0.00510. The summed E-state index contributed by atoms with van der Waals surface area (Å²) < 4.78 is 5.81. The van der Waals surface area contributed by atoms with Gasteiger partial charge in [0.1, 0.15) is 5.75 Å². The molecule has 5 nitrogen and oxygen atoms in total. The topological polar surface area (TPSA) is 58.6 Å². The minimum Gasteiger partial charge on any atom is -0.483 e. The molecule has 0 heterocycles. The maximum atomic E-state index is 12.9. The monoisotopic (exact) mass is 414 g/mol. The predicted octanol–water partition coefficient (Wildman–Crippen LogP) is 4.85. The second-order valence-electron chi connectivity index (χ2n) is 7.72. The molecule has 0 aliphatic heterocycles. The lowest BCUT2D eigenvalue weighted by molar-refractivity contribution is -0.134. The van der Waals surface area contributed by atoms with E-state index in [2.05, 4.69) is 17.4 Å². The number of para-hydroxylation sites is 2. The average molecular weight is 415 g/mol. The molecule has 0 aromatic heterocycles. The zero-order valence-electron chi connectivity index (χ0n) is 17.6. The number of ether oxygens (including phenoxy) is 1. The van der Waals surface area contributed by atoms with Crippen molar-refractivity contribution in [2.75, 3.05) is 19.0 Å². The summed E-state index contributed by atoms with van der Waals surface area (Å²) in [6.07, 6.45) is 3.05. The van der Waals surface area contributed by atoms with Crippen molar-refractivity contribution >= 4 is 17.5 Å². The van der Waals surface area contributed by atoms with E-state index in [1.54, 1.807) is 29.2 Å². The molecule has 1 atom stereocenters. The van der Waals surface area contributed by atoms with E-state index in [0.29, 0.717) is 17.0 Å². The quantitative estimate of drug-likeness (QED) is 0.627. The molecular formula is C26H26N2O3. The van der Waals surface area contributed by atoms with E-state index in [1.807, 2.05) is 49.5 Å². The van der Waals surface area contributed by atoms with Crippen LogP contribution in [0.3, 0.4) is 0 Å². The third-order valence-electron chi connectivity index (χ3n) is 5.71. The number of carbonyl (C=O) groups is 2. The molecule has 5 heteroatoms. The zero-order valence-corrected chi connectivity index (χ0v) is 17.6. The highest BCUT2D eigenvalue weighted by molar-refractivity contribution is 6.06. The Bertz CT molecular complexity index is 1070. The summed E-state index contributed by atoms with van der Waals surface area (Å²) in [5, 5.41) is 2.86. The number of fused-ring (bicyclic) bond motifs is 1. The summed E-state index contributed by atoms with van der Waals surface area (Å²) >= 11 is 0. The second kappa shape index (κ2) is 9.47. The maximum absolute atomic E-state index is 12.9. The Morgan fingerprint density at radius 1 is 0.968 bits per heavy atom. The van der Waals surface area contributed by atoms with E-state index in [9.17, 15) is 9.59 Å². The average Bonchev–Trinajstić information content (AvgIpc) is 2.82. The molecule has 0 fully saturated rings. The Morgan fingerprint density at radius 3 is 2.52 bits per heavy atom. The van der Waals surface area contributed by atoms with Crippen molar-refractivity contribution in [1.29, 1.82) is 0 Å². The first-order valence-corrected chi connectivity index (χ1v) is 10.5. The van der Waals surface area contributed by atoms with Gasteiger partial charge in [-0.05, 0) is 54.7 Å². The van der Waals surface area contributed by atoms with Crippen LogP contribution in [-0.4, -0.2) is 30.4 Å². The summed E-state index contributed by atoms with van der Waals surface area (Å²) in [4.78, 5) is 27.4. The van der Waals surface area contributed by atoms with E-state index < -0.39 is 0 Å². The van der Waals surface area contributed by atoms with Crippen LogP contribution in [0.1, 0.15) is 40.4 Å². The first-order valence-electron chi connectivity index (χ1n) is 10.5. The van der Waals surface area contributed by atoms with Crippen LogP contribution in [0.2, 0.25) is 0 Å². The fourth-order valence-corrected chi connectivity index (χ4v) is 4.05. The van der Waals surface area contributed by atoms with Gasteiger partial charge in [-0.25, -0.2) is 0 Å². The second-order valence-corrected chi connectivity index (χ2v) is 7.72. The molecule has 0 saturated carbocycles. The minimum absolute atomic E-state index is 0.0534. The lowest BCUT2D eigenvalue weighted by Crippen LogP contribution is -2.36. The Hall–Kier alpha value is -3.60. The highest BCUT2D eigenvalue weighted by Gasteiger charge is 2.27. The summed E-state index contributed by atoms with van der Waals surface area (Å²) in [5.41, 5.74) is 3.62. The molecule has 3 aromatic carbocycles. The third kappa shape index (κ3) is 4.77. The van der Waals surface area contributed by atoms with Gasteiger partial charge in [-0.1, -0.05) is 54.6 Å². The van der Waals surface area contributed by atoms with Crippen molar-refractivity contribution in [2.45, 2.75) is 25.3 Å². The summed E-state index contributed by atoms with van der Waals surface area (Å²) in [6.45, 7) is -0.120. The normalized spacial score (nSPS) is 14.9. The maximum Gasteiger partial charge on any atom is 0.260 e. The van der Waals surface area contributed by atoms with E-state index >= 15 is 0 Å². The number of benzene rings is 3. The molecular weight excluding hydrogens is 388 g/mol. The number of aryl methyl sites for hydroxylation is 1. The van der Waals surface area contributed by atoms with E-state index in [4.69, 9.17) is 4.74 Å². The number of carbonyl (C=O) groups excluding carboxylic acids is 2. The van der Waals surface area contributed by atoms with Gasteiger partial charge in [0.15, 0.2) is 6.61 Å². The fourth-order valence-electron chi connectivity index (χ4n) is 4.05. The summed E-state index contributed by atoms with van der Waals surface area (Å²) in [6, 6.07) is 24.6. The van der Waals surface area contributed by atoms with Crippen LogP contribution in [0.25, 0.3) is 0 Å². The molecule has 0 bridgehead atoms. The van der Waals surface area contributed by atoms with Crippen molar-refractivity contribution in [3.05, 3.63) is 95.6 Å². The molecule has 1 aliphatic carbocycles. The molecule has 1 aliphatic rings. The molecule has 3 aromatic rings. The van der Waals surface area contributed by atoms with Gasteiger partial charge in [0.25, 0.3) is 11.8 Å². The number of hydrogen-bond donors (Lipinski definition) is 1. The Balaban J connectivity index is 1.43. The third-order valence-corrected chi connectivity index (χ3v) is 5.71. The van der Waals surface area contributed by atoms with E-state index in [0.717, 1.165) is 19.3 Å². The molecule has 0 spiro atoms. The van der Waals surface area contributed by atoms with Crippen LogP contribution in [0, 0.1) is 0 Å². The summed E-state index contributed by atoms with van der Waals surface area (Å²) in [7, 11) is 1.83. The van der Waals surface area contributed by atoms with Gasteiger partial charge in [0.05, 0.1) is 11.6 Å². The Kier molecular flexibility index (Phi) is 6.32. The Morgan fingerprint density at radius 2 is 1.68 bits per heavy atom. The highest BCUT2D eigenvalue weighted by atomic mass is 16.5. The zero-order chi connectivity index (χ0) is 21.6. The molecule has 0 saturated heterocycles. The molecule has 158 valence electrons. The van der Waals surface area contributed by atoms with Gasteiger partial charge < -0.3 is 15.0 Å². The van der Waals surface area contributed by atoms with Crippen molar-refractivity contribution < 1.29 is 14.3 Å². The number of nitrogens with zero attached hydrogens (tertiary/aromatic N) is 1. The molecule has 2 amide bonds. The van der Waals surface area contributed by atoms with Gasteiger partial charge >= 0.3 is 0 Å². The highest BCUT2D eigenvalue weighted by Crippen LogP contribution is 2.33. The number of anilines is 1. The number of nitrogens with one attached hydrogen (secondary N) is 1. The molecule has 0 radical (unpaired) electrons. The van der Waals surface area contributed by atoms with E-state index in [-0.39, 0.29) is 24.5 Å². The van der Waals surface area contributed by atoms with Gasteiger partial charge in [0, 0.05) is 12.7 Å². The number of likely N-dealkylation sites (N-methyl/N-ethyl adjacent to an activating group) is 1. The molecule has 0 unspecified atom stereocenters. The first kappa shape index (κ1) is 20.7. The smallest absolute Gasteiger partial charge is 0.260 e. The predicted molar refractivity (Wildman–Crippen MR) is 121 cm³/mol. The van der Waals surface area contributed by atoms with E-state index in [1.165, 1.54) is 11.1 Å². The van der Waals surface area contributed by atoms with Gasteiger partial charge in [-0.15, -0.1) is 0 Å². The minimum atomic E-state index is -0.274. The van der Waals surface area contributed by atoms with Crippen molar-refractivity contribution in [3.63, 3.8) is 0 Å². The van der Waals surface area contributed by atoms with Crippen molar-refractivity contribution in [1.82, 2.24) is 4.90 Å². The lowest BCUT2D eigenvalue weighted by Gasteiger charge is -2.33. The largest absolute Gasteiger partial charge is 0.483 e. The fraction of sp³-hybridized carbons (Fsp3) is 0.231. The number of hydrogen-bond acceptors (Lipinski definition) is 3. The van der Waals surface area contributed by atoms with Gasteiger partial charge in [-0.2, -0.15) is 0 Å². The van der Waals surface area contributed by atoms with Crippen LogP contribution >= 0.6 is 0 Å². The van der Waals surface area contributed by atoms with Crippen LogP contribution in [0.15, 0.2) is 78.9 Å². The van der Waals surface area contributed by atoms with Crippen LogP contribution in [0.5, 0.6) is 5.75 Å². The van der Waals surface area contributed by atoms with Gasteiger partial charge in [0.2, 0.25) is 0 Å². The lowest BCUT2D eigenvalue weighted by atomic mass is 9.87. The number of rotatable bonds is 6. The van der Waals surface area contributed by atoms with Gasteiger partial charge in [-0.3, -0.25) is 9.59 Å². The Labute approximate surface area is 182 Å². The van der Waals surface area contributed by atoms with Crippen molar-refractivity contribution in [3.8, 4) is 5.75 Å². The molecule has 4 rings (SSSR count). The SMILES string of the molecule is CN(C(=O)COc1ccccc1C(=O)Nc1ccccc1)[C@@H]1CCCc2ccccc21. The number of amides is 2. The van der Waals surface area contributed by atoms with Crippen LogP contribution < -0.4 is 10.1 Å².